The van der Waals surface area contributed by atoms with Crippen molar-refractivity contribution in [2.75, 3.05) is 13.1 Å². The number of amidine groups is 1. The van der Waals surface area contributed by atoms with Gasteiger partial charge in [-0.2, -0.15) is 0 Å². The van der Waals surface area contributed by atoms with E-state index in [0.29, 0.717) is 6.54 Å². The van der Waals surface area contributed by atoms with Crippen molar-refractivity contribution in [1.29, 1.82) is 0 Å². The smallest absolute Gasteiger partial charge is 0.200 e. The highest BCUT2D eigenvalue weighted by Gasteiger charge is 2.16. The first-order valence-electron chi connectivity index (χ1n) is 5.96. The molecule has 0 saturated heterocycles. The van der Waals surface area contributed by atoms with Gasteiger partial charge in [0.1, 0.15) is 5.84 Å². The van der Waals surface area contributed by atoms with Gasteiger partial charge in [0.2, 0.25) is 5.88 Å². The first-order valence-corrected chi connectivity index (χ1v) is 6.75. The van der Waals surface area contributed by atoms with Crippen LogP contribution in [-0.2, 0) is 0 Å². The zero-order valence-corrected chi connectivity index (χ0v) is 12.0. The number of hydrogen-bond acceptors (Lipinski definition) is 2. The second-order valence-electron chi connectivity index (χ2n) is 3.89. The van der Waals surface area contributed by atoms with Crippen LogP contribution in [-0.4, -0.2) is 29.0 Å². The molecule has 1 heterocycles. The SMILES string of the molecule is CCN=C(NCC)c1c(O)[nH]c2ccc(Br)cc12. The minimum Gasteiger partial charge on any atom is -0.494 e. The molecule has 5 heteroatoms. The lowest BCUT2D eigenvalue weighted by Gasteiger charge is -2.07. The van der Waals surface area contributed by atoms with E-state index in [2.05, 4.69) is 31.2 Å². The topological polar surface area (TPSA) is 60.4 Å². The number of hydrogen-bond donors (Lipinski definition) is 3. The number of aromatic hydroxyl groups is 1. The van der Waals surface area contributed by atoms with Crippen molar-refractivity contribution in [2.24, 2.45) is 4.99 Å². The maximum atomic E-state index is 10.1. The minimum absolute atomic E-state index is 0.149. The van der Waals surface area contributed by atoms with Crippen LogP contribution in [0.3, 0.4) is 0 Å². The van der Waals surface area contributed by atoms with Crippen LogP contribution in [0.2, 0.25) is 0 Å². The molecule has 0 bridgehead atoms. The van der Waals surface area contributed by atoms with Crippen LogP contribution in [0.5, 0.6) is 5.88 Å². The molecular formula is C13H16BrN3O. The van der Waals surface area contributed by atoms with Crippen LogP contribution in [0, 0.1) is 0 Å². The van der Waals surface area contributed by atoms with Gasteiger partial charge >= 0.3 is 0 Å². The van der Waals surface area contributed by atoms with E-state index in [0.717, 1.165) is 33.3 Å². The van der Waals surface area contributed by atoms with Crippen LogP contribution in [0.4, 0.5) is 0 Å². The molecule has 0 spiro atoms. The molecule has 18 heavy (non-hydrogen) atoms. The molecule has 0 saturated carbocycles. The number of H-pyrrole nitrogens is 1. The predicted molar refractivity (Wildman–Crippen MR) is 78.4 cm³/mol. The van der Waals surface area contributed by atoms with E-state index in [1.165, 1.54) is 0 Å². The number of fused-ring (bicyclic) bond motifs is 1. The van der Waals surface area contributed by atoms with E-state index in [4.69, 9.17) is 0 Å². The molecule has 2 aromatic rings. The normalized spacial score (nSPS) is 12.1. The van der Waals surface area contributed by atoms with Crippen LogP contribution < -0.4 is 5.32 Å². The number of aromatic nitrogens is 1. The Kier molecular flexibility index (Phi) is 3.91. The van der Waals surface area contributed by atoms with Gasteiger partial charge in [0.25, 0.3) is 0 Å². The Morgan fingerprint density at radius 3 is 2.89 bits per heavy atom. The lowest BCUT2D eigenvalue weighted by atomic mass is 10.1. The Morgan fingerprint density at radius 2 is 2.22 bits per heavy atom. The minimum atomic E-state index is 0.149. The summed E-state index contributed by atoms with van der Waals surface area (Å²) in [6, 6.07) is 5.84. The summed E-state index contributed by atoms with van der Waals surface area (Å²) < 4.78 is 0.975. The highest BCUT2D eigenvalue weighted by atomic mass is 79.9. The van der Waals surface area contributed by atoms with Gasteiger partial charge in [0.05, 0.1) is 5.56 Å². The second-order valence-corrected chi connectivity index (χ2v) is 4.81. The van der Waals surface area contributed by atoms with Crippen LogP contribution in [0.15, 0.2) is 27.7 Å². The van der Waals surface area contributed by atoms with E-state index in [1.807, 2.05) is 32.0 Å². The average Bonchev–Trinajstić information content (AvgIpc) is 2.64. The molecule has 0 fully saturated rings. The summed E-state index contributed by atoms with van der Waals surface area (Å²) in [5, 5.41) is 14.2. The van der Waals surface area contributed by atoms with Crippen molar-refractivity contribution < 1.29 is 5.11 Å². The van der Waals surface area contributed by atoms with Crippen molar-refractivity contribution in [1.82, 2.24) is 10.3 Å². The summed E-state index contributed by atoms with van der Waals surface area (Å²) in [4.78, 5) is 7.37. The molecule has 0 unspecified atom stereocenters. The van der Waals surface area contributed by atoms with E-state index < -0.39 is 0 Å². The standard InChI is InChI=1S/C13H16BrN3O/c1-3-15-12(16-4-2)11-9-7-8(14)5-6-10(9)17-13(11)18/h5-7,17-18H,3-4H2,1-2H3,(H,15,16). The predicted octanol–water partition coefficient (Wildman–Crippen LogP) is 3.01. The number of rotatable bonds is 3. The number of halogens is 1. The first kappa shape index (κ1) is 13.0. The van der Waals surface area contributed by atoms with Crippen molar-refractivity contribution in [3.63, 3.8) is 0 Å². The largest absolute Gasteiger partial charge is 0.494 e. The Balaban J connectivity index is 2.64. The summed E-state index contributed by atoms with van der Waals surface area (Å²) in [5.41, 5.74) is 1.63. The highest BCUT2D eigenvalue weighted by molar-refractivity contribution is 9.10. The van der Waals surface area contributed by atoms with Crippen molar-refractivity contribution in [3.05, 3.63) is 28.2 Å². The Labute approximate surface area is 114 Å². The molecule has 1 aromatic heterocycles. The van der Waals surface area contributed by atoms with Gasteiger partial charge in [-0.1, -0.05) is 15.9 Å². The van der Waals surface area contributed by atoms with Crippen molar-refractivity contribution >= 4 is 32.7 Å². The van der Waals surface area contributed by atoms with E-state index in [1.54, 1.807) is 0 Å². The van der Waals surface area contributed by atoms with Crippen LogP contribution in [0.1, 0.15) is 19.4 Å². The van der Waals surface area contributed by atoms with Crippen molar-refractivity contribution in [3.8, 4) is 5.88 Å². The maximum Gasteiger partial charge on any atom is 0.200 e. The molecule has 1 aromatic carbocycles. The number of nitrogens with zero attached hydrogens (tertiary/aromatic N) is 1. The Morgan fingerprint density at radius 1 is 1.44 bits per heavy atom. The van der Waals surface area contributed by atoms with Gasteiger partial charge in [0, 0.05) is 28.5 Å². The molecule has 0 aliphatic carbocycles. The van der Waals surface area contributed by atoms with Crippen LogP contribution in [0.25, 0.3) is 10.9 Å². The molecule has 4 nitrogen and oxygen atoms in total. The number of nitrogens with one attached hydrogen (secondary N) is 2. The molecule has 0 radical (unpaired) electrons. The molecule has 0 atom stereocenters. The summed E-state index contributed by atoms with van der Waals surface area (Å²) in [5.74, 6) is 0.873. The molecular weight excluding hydrogens is 294 g/mol. The fourth-order valence-electron chi connectivity index (χ4n) is 1.94. The van der Waals surface area contributed by atoms with Gasteiger partial charge < -0.3 is 15.4 Å². The van der Waals surface area contributed by atoms with Gasteiger partial charge in [-0.3, -0.25) is 4.99 Å². The monoisotopic (exact) mass is 309 g/mol. The zero-order valence-electron chi connectivity index (χ0n) is 10.4. The van der Waals surface area contributed by atoms with E-state index in [-0.39, 0.29) is 5.88 Å². The number of aliphatic imine (C=N–C) groups is 1. The fourth-order valence-corrected chi connectivity index (χ4v) is 2.30. The summed E-state index contributed by atoms with van der Waals surface area (Å²) >= 11 is 3.45. The van der Waals surface area contributed by atoms with Gasteiger partial charge in [0.15, 0.2) is 0 Å². The van der Waals surface area contributed by atoms with Gasteiger partial charge in [-0.05, 0) is 32.0 Å². The van der Waals surface area contributed by atoms with Crippen LogP contribution >= 0.6 is 15.9 Å². The second kappa shape index (κ2) is 5.44. The van der Waals surface area contributed by atoms with Gasteiger partial charge in [-0.25, -0.2) is 0 Å². The third-order valence-electron chi connectivity index (χ3n) is 2.64. The Bertz CT molecular complexity index is 589. The number of aromatic amines is 1. The molecule has 0 aliphatic heterocycles. The summed E-state index contributed by atoms with van der Waals surface area (Å²) in [6.45, 7) is 5.41. The molecule has 96 valence electrons. The van der Waals surface area contributed by atoms with Gasteiger partial charge in [-0.15, -0.1) is 0 Å². The Hall–Kier alpha value is -1.49. The molecule has 2 rings (SSSR count). The third kappa shape index (κ3) is 2.36. The third-order valence-corrected chi connectivity index (χ3v) is 3.13. The first-order chi connectivity index (χ1) is 8.67. The fraction of sp³-hybridized carbons (Fsp3) is 0.308. The lowest BCUT2D eigenvalue weighted by Crippen LogP contribution is -2.24. The van der Waals surface area contributed by atoms with E-state index in [9.17, 15) is 5.11 Å². The van der Waals surface area contributed by atoms with E-state index >= 15 is 0 Å². The molecule has 3 N–H and O–H groups in total. The highest BCUT2D eigenvalue weighted by Crippen LogP contribution is 2.29. The van der Waals surface area contributed by atoms with Crippen molar-refractivity contribution in [2.45, 2.75) is 13.8 Å². The average molecular weight is 310 g/mol. The lowest BCUT2D eigenvalue weighted by molar-refractivity contribution is 0.457. The number of benzene rings is 1. The molecule has 0 amide bonds. The summed E-state index contributed by atoms with van der Waals surface area (Å²) in [6.07, 6.45) is 0. The zero-order chi connectivity index (χ0) is 13.1. The summed E-state index contributed by atoms with van der Waals surface area (Å²) in [7, 11) is 0. The quantitative estimate of drug-likeness (QED) is 0.603. The maximum absolute atomic E-state index is 10.1. The molecule has 0 aliphatic rings.